The van der Waals surface area contributed by atoms with Gasteiger partial charge in [0.2, 0.25) is 11.5 Å². The second kappa shape index (κ2) is 25.8. The van der Waals surface area contributed by atoms with Crippen LogP contribution in [0.15, 0.2) is 48.5 Å². The van der Waals surface area contributed by atoms with E-state index in [1.54, 1.807) is 36.4 Å². The minimum Gasteiger partial charge on any atom is -0.493 e. The highest BCUT2D eigenvalue weighted by Crippen LogP contribution is 2.40. The lowest BCUT2D eigenvalue weighted by Crippen LogP contribution is -2.32. The molecule has 2 atom stereocenters. The molecule has 2 N–H and O–H groups in total. The molecule has 18 heteroatoms. The number of hydrogen-bond donors (Lipinski definition) is 2. The Hall–Kier alpha value is -5.40. The first-order chi connectivity index (χ1) is 30.7. The predicted octanol–water partition coefficient (Wildman–Crippen LogP) is 6.05. The highest BCUT2D eigenvalue weighted by atomic mass is 16.6. The molecule has 0 amide bonds. The summed E-state index contributed by atoms with van der Waals surface area (Å²) in [6.07, 6.45) is 5.23. The van der Waals surface area contributed by atoms with E-state index >= 15 is 0 Å². The van der Waals surface area contributed by atoms with Crippen molar-refractivity contribution >= 4 is 17.6 Å². The van der Waals surface area contributed by atoms with E-state index < -0.39 is 22.6 Å². The standard InChI is InChI=1S/C43H57N3O13.C3H8O2/c1-6-34-14-15-35(59-34)29-58-39-27-32(26-38(41(39)54-5)57-28-30-10-12-33(13-11-30)46(49)50)43(48)56-23-9-19-45-17-7-16-44(20-21-45)18-8-22-55-42(47)31-24-36(51-2)40(53-4)37(25-31)52-3;1-3(2,4)5/h10-13,24-27,34-35H,6-9,14-23,28-29H2,1-5H3;4-5H,1-2H3. The van der Waals surface area contributed by atoms with Crippen LogP contribution in [0.5, 0.6) is 34.5 Å². The maximum absolute atomic E-state index is 13.4. The number of nitrogens with zero attached hydrogens (tertiary/aromatic N) is 3. The highest BCUT2D eigenvalue weighted by Gasteiger charge is 2.26. The summed E-state index contributed by atoms with van der Waals surface area (Å²) in [5.74, 6) is -0.368. The average Bonchev–Trinajstić information content (AvgIpc) is 3.63. The molecule has 5 rings (SSSR count). The van der Waals surface area contributed by atoms with Gasteiger partial charge in [-0.05, 0) is 107 Å². The van der Waals surface area contributed by atoms with Gasteiger partial charge in [0, 0.05) is 38.3 Å². The first kappa shape index (κ1) is 51.2. The van der Waals surface area contributed by atoms with E-state index in [1.807, 2.05) is 0 Å². The van der Waals surface area contributed by atoms with E-state index in [4.69, 9.17) is 52.8 Å². The van der Waals surface area contributed by atoms with Gasteiger partial charge in [0.25, 0.3) is 5.69 Å². The molecule has 2 saturated heterocycles. The molecule has 0 bridgehead atoms. The van der Waals surface area contributed by atoms with Crippen molar-refractivity contribution < 1.29 is 67.4 Å². The molecule has 0 saturated carbocycles. The summed E-state index contributed by atoms with van der Waals surface area (Å²) in [5, 5.41) is 27.3. The van der Waals surface area contributed by atoms with Crippen molar-refractivity contribution in [1.82, 2.24) is 9.80 Å². The molecule has 2 fully saturated rings. The van der Waals surface area contributed by atoms with Gasteiger partial charge in [-0.15, -0.1) is 0 Å². The van der Waals surface area contributed by atoms with E-state index in [0.717, 1.165) is 65.0 Å². The van der Waals surface area contributed by atoms with Crippen LogP contribution in [0, 0.1) is 10.1 Å². The Kier molecular flexibility index (Phi) is 20.6. The van der Waals surface area contributed by atoms with Crippen LogP contribution >= 0.6 is 0 Å². The lowest BCUT2D eigenvalue weighted by Gasteiger charge is -2.21. The number of rotatable bonds is 22. The molecule has 0 radical (unpaired) electrons. The molecule has 3 aromatic carbocycles. The summed E-state index contributed by atoms with van der Waals surface area (Å²) in [6.45, 7) is 10.8. The molecule has 2 aliphatic heterocycles. The Labute approximate surface area is 375 Å². The van der Waals surface area contributed by atoms with Crippen molar-refractivity contribution in [1.29, 1.82) is 0 Å². The van der Waals surface area contributed by atoms with Gasteiger partial charge in [-0.1, -0.05) is 6.92 Å². The zero-order chi connectivity index (χ0) is 46.6. The van der Waals surface area contributed by atoms with Crippen molar-refractivity contribution in [3.05, 3.63) is 75.3 Å². The number of nitro groups is 1. The average molecular weight is 900 g/mol. The summed E-state index contributed by atoms with van der Waals surface area (Å²) in [4.78, 5) is 41.6. The Balaban J connectivity index is 0.00000170. The number of nitro benzene ring substituents is 1. The predicted molar refractivity (Wildman–Crippen MR) is 236 cm³/mol. The molecule has 2 aliphatic rings. The number of methoxy groups -OCH3 is 4. The van der Waals surface area contributed by atoms with Crippen molar-refractivity contribution in [2.24, 2.45) is 0 Å². The van der Waals surface area contributed by atoms with Crippen molar-refractivity contribution in [3.8, 4) is 34.5 Å². The SMILES string of the molecule is CC(C)(O)O.CCC1CCC(COc2cc(C(=O)OCCCN3CCCN(CCCOC(=O)c4cc(OC)c(OC)c(OC)c4)CC3)cc(OCc3ccc([N+](=O)[O-])cc3)c2OC)O1. The van der Waals surface area contributed by atoms with E-state index in [1.165, 1.54) is 54.4 Å². The fraction of sp³-hybridized carbons (Fsp3) is 0.565. The third-order valence-corrected chi connectivity index (χ3v) is 10.4. The van der Waals surface area contributed by atoms with Crippen molar-refractivity contribution in [3.63, 3.8) is 0 Å². The number of esters is 2. The summed E-state index contributed by atoms with van der Waals surface area (Å²) < 4.78 is 51.4. The Morgan fingerprint density at radius 1 is 0.734 bits per heavy atom. The van der Waals surface area contributed by atoms with Gasteiger partial charge in [0.05, 0.1) is 69.9 Å². The Morgan fingerprint density at radius 3 is 1.66 bits per heavy atom. The largest absolute Gasteiger partial charge is 0.493 e. The van der Waals surface area contributed by atoms with Crippen LogP contribution in [-0.4, -0.2) is 142 Å². The monoisotopic (exact) mass is 899 g/mol. The molecule has 354 valence electrons. The van der Waals surface area contributed by atoms with Gasteiger partial charge in [-0.25, -0.2) is 9.59 Å². The summed E-state index contributed by atoms with van der Waals surface area (Å²) in [6, 6.07) is 12.4. The highest BCUT2D eigenvalue weighted by molar-refractivity contribution is 5.91. The molecule has 0 spiro atoms. The lowest BCUT2D eigenvalue weighted by atomic mass is 10.1. The molecule has 0 aromatic heterocycles. The van der Waals surface area contributed by atoms with Crippen LogP contribution in [0.2, 0.25) is 0 Å². The molecular formula is C46H65N3O15. The van der Waals surface area contributed by atoms with Crippen molar-refractivity contribution in [2.75, 3.05) is 87.5 Å². The van der Waals surface area contributed by atoms with Gasteiger partial charge < -0.3 is 62.6 Å². The normalized spacial score (nSPS) is 16.7. The van der Waals surface area contributed by atoms with Gasteiger partial charge in [0.1, 0.15) is 13.2 Å². The fourth-order valence-corrected chi connectivity index (χ4v) is 7.11. The molecule has 18 nitrogen and oxygen atoms in total. The second-order valence-electron chi connectivity index (χ2n) is 15.8. The smallest absolute Gasteiger partial charge is 0.338 e. The van der Waals surface area contributed by atoms with E-state index in [2.05, 4.69) is 16.7 Å². The number of hydrogen-bond acceptors (Lipinski definition) is 17. The maximum atomic E-state index is 13.4. The zero-order valence-electron chi connectivity index (χ0n) is 38.1. The number of aliphatic hydroxyl groups is 2. The third-order valence-electron chi connectivity index (χ3n) is 10.4. The van der Waals surface area contributed by atoms with Gasteiger partial charge in [-0.2, -0.15) is 0 Å². The first-order valence-corrected chi connectivity index (χ1v) is 21.6. The van der Waals surface area contributed by atoms with E-state index in [0.29, 0.717) is 52.7 Å². The van der Waals surface area contributed by atoms with Crippen LogP contribution in [0.4, 0.5) is 5.69 Å². The maximum Gasteiger partial charge on any atom is 0.338 e. The molecule has 2 unspecified atom stereocenters. The molecule has 2 heterocycles. The van der Waals surface area contributed by atoms with Crippen LogP contribution in [-0.2, 0) is 20.8 Å². The minimum atomic E-state index is -1.50. The number of non-ortho nitro benzene ring substituents is 1. The summed E-state index contributed by atoms with van der Waals surface area (Å²) in [7, 11) is 6.00. The molecule has 0 aliphatic carbocycles. The Bertz CT molecular complexity index is 1910. The topological polar surface area (TPSA) is 207 Å². The summed E-state index contributed by atoms with van der Waals surface area (Å²) >= 11 is 0. The number of carbonyl (C=O) groups excluding carboxylic acids is 2. The van der Waals surface area contributed by atoms with Crippen LogP contribution in [0.3, 0.4) is 0 Å². The fourth-order valence-electron chi connectivity index (χ4n) is 7.11. The Morgan fingerprint density at radius 2 is 1.20 bits per heavy atom. The number of ether oxygens (including phenoxy) is 9. The molecule has 3 aromatic rings. The molecule has 64 heavy (non-hydrogen) atoms. The quantitative estimate of drug-likeness (QED) is 0.0387. The van der Waals surface area contributed by atoms with Crippen LogP contribution in [0.25, 0.3) is 0 Å². The third kappa shape index (κ3) is 16.6. The van der Waals surface area contributed by atoms with Crippen LogP contribution < -0.4 is 28.4 Å². The summed E-state index contributed by atoms with van der Waals surface area (Å²) in [5.41, 5.74) is 1.25. The number of benzene rings is 3. The second-order valence-corrected chi connectivity index (χ2v) is 15.8. The lowest BCUT2D eigenvalue weighted by molar-refractivity contribution is -0.384. The van der Waals surface area contributed by atoms with Crippen molar-refractivity contribution in [2.45, 2.75) is 83.9 Å². The van der Waals surface area contributed by atoms with Gasteiger partial charge in [0.15, 0.2) is 28.8 Å². The minimum absolute atomic E-state index is 0.0211. The number of carbonyl (C=O) groups is 2. The van der Waals surface area contributed by atoms with Gasteiger partial charge >= 0.3 is 11.9 Å². The molecular weight excluding hydrogens is 835 g/mol. The van der Waals surface area contributed by atoms with E-state index in [-0.39, 0.29) is 55.6 Å². The van der Waals surface area contributed by atoms with Gasteiger partial charge in [-0.3, -0.25) is 10.1 Å². The van der Waals surface area contributed by atoms with Crippen LogP contribution in [0.1, 0.15) is 85.6 Å². The first-order valence-electron chi connectivity index (χ1n) is 21.6. The van der Waals surface area contributed by atoms with E-state index in [9.17, 15) is 19.7 Å². The zero-order valence-corrected chi connectivity index (χ0v) is 38.1.